The van der Waals surface area contributed by atoms with Gasteiger partial charge in [0.05, 0.1) is 5.49 Å². The second-order valence-electron chi connectivity index (χ2n) is 2.62. The summed E-state index contributed by atoms with van der Waals surface area (Å²) in [7, 11) is 0. The SMILES string of the molecule is CC.S=CNc1ccc2c(c1)OCCO2. The first-order valence-electron chi connectivity index (χ1n) is 5.00. The van der Waals surface area contributed by atoms with Gasteiger partial charge >= 0.3 is 0 Å². The predicted molar refractivity (Wildman–Crippen MR) is 66.1 cm³/mol. The van der Waals surface area contributed by atoms with Crippen molar-refractivity contribution in [2.24, 2.45) is 0 Å². The van der Waals surface area contributed by atoms with E-state index in [9.17, 15) is 0 Å². The molecule has 1 N–H and O–H groups in total. The molecular weight excluding hydrogens is 210 g/mol. The lowest BCUT2D eigenvalue weighted by molar-refractivity contribution is 0.171. The Kier molecular flexibility index (Phi) is 4.90. The molecule has 0 unspecified atom stereocenters. The molecule has 0 radical (unpaired) electrons. The van der Waals surface area contributed by atoms with E-state index in [0.717, 1.165) is 17.2 Å². The van der Waals surface area contributed by atoms with Crippen LogP contribution in [0.3, 0.4) is 0 Å². The number of ether oxygens (including phenoxy) is 2. The summed E-state index contributed by atoms with van der Waals surface area (Å²) in [5.74, 6) is 1.56. The van der Waals surface area contributed by atoms with Crippen LogP contribution in [0.5, 0.6) is 11.5 Å². The highest BCUT2D eigenvalue weighted by Crippen LogP contribution is 2.32. The number of rotatable bonds is 2. The van der Waals surface area contributed by atoms with Crippen molar-refractivity contribution in [2.45, 2.75) is 13.8 Å². The summed E-state index contributed by atoms with van der Waals surface area (Å²) in [5, 5.41) is 2.91. The maximum Gasteiger partial charge on any atom is 0.163 e. The van der Waals surface area contributed by atoms with E-state index in [4.69, 9.17) is 9.47 Å². The predicted octanol–water partition coefficient (Wildman–Crippen LogP) is 2.85. The molecule has 0 amide bonds. The number of nitrogens with one attached hydrogen (secondary N) is 1. The van der Waals surface area contributed by atoms with Crippen molar-refractivity contribution in [3.05, 3.63) is 18.2 Å². The number of fused-ring (bicyclic) bond motifs is 1. The van der Waals surface area contributed by atoms with Crippen molar-refractivity contribution in [2.75, 3.05) is 18.5 Å². The van der Waals surface area contributed by atoms with Crippen molar-refractivity contribution in [1.29, 1.82) is 0 Å². The zero-order valence-corrected chi connectivity index (χ0v) is 9.76. The van der Waals surface area contributed by atoms with Gasteiger partial charge in [-0.2, -0.15) is 0 Å². The summed E-state index contributed by atoms with van der Waals surface area (Å²) < 4.78 is 10.8. The molecule has 0 aliphatic carbocycles. The van der Waals surface area contributed by atoms with E-state index in [0.29, 0.717) is 13.2 Å². The van der Waals surface area contributed by atoms with Gasteiger partial charge in [0.15, 0.2) is 11.5 Å². The third-order valence-corrected chi connectivity index (χ3v) is 1.89. The summed E-state index contributed by atoms with van der Waals surface area (Å²) in [4.78, 5) is 0. The van der Waals surface area contributed by atoms with Crippen LogP contribution in [0.1, 0.15) is 13.8 Å². The lowest BCUT2D eigenvalue weighted by Crippen LogP contribution is -2.15. The molecule has 0 spiro atoms. The van der Waals surface area contributed by atoms with Crippen LogP contribution >= 0.6 is 12.2 Å². The van der Waals surface area contributed by atoms with E-state index < -0.39 is 0 Å². The zero-order valence-electron chi connectivity index (χ0n) is 8.95. The molecule has 1 heterocycles. The van der Waals surface area contributed by atoms with Crippen molar-refractivity contribution >= 4 is 23.4 Å². The first-order chi connectivity index (χ1) is 7.40. The Balaban J connectivity index is 0.000000531. The van der Waals surface area contributed by atoms with Gasteiger partial charge in [-0.25, -0.2) is 0 Å². The number of thiocarbonyl (C=S) groups is 1. The Morgan fingerprint density at radius 3 is 2.53 bits per heavy atom. The van der Waals surface area contributed by atoms with Crippen molar-refractivity contribution in [3.63, 3.8) is 0 Å². The minimum Gasteiger partial charge on any atom is -0.486 e. The number of benzene rings is 1. The Hall–Kier alpha value is -1.29. The van der Waals surface area contributed by atoms with Gasteiger partial charge in [0.25, 0.3) is 0 Å². The molecule has 0 saturated carbocycles. The zero-order chi connectivity index (χ0) is 11.1. The molecule has 0 saturated heterocycles. The van der Waals surface area contributed by atoms with E-state index in [1.54, 1.807) is 0 Å². The highest BCUT2D eigenvalue weighted by atomic mass is 32.1. The fourth-order valence-corrected chi connectivity index (χ4v) is 1.34. The molecular formula is C11H15NO2S. The maximum atomic E-state index is 5.40. The summed E-state index contributed by atoms with van der Waals surface area (Å²) in [5.41, 5.74) is 2.38. The van der Waals surface area contributed by atoms with E-state index in [1.807, 2.05) is 32.0 Å². The monoisotopic (exact) mass is 225 g/mol. The van der Waals surface area contributed by atoms with Crippen LogP contribution in [0, 0.1) is 0 Å². The average molecular weight is 225 g/mol. The molecule has 0 bridgehead atoms. The third-order valence-electron chi connectivity index (χ3n) is 1.77. The quantitative estimate of drug-likeness (QED) is 0.784. The van der Waals surface area contributed by atoms with Crippen LogP contribution in [0.15, 0.2) is 18.2 Å². The van der Waals surface area contributed by atoms with Crippen LogP contribution < -0.4 is 14.8 Å². The van der Waals surface area contributed by atoms with E-state index in [2.05, 4.69) is 17.5 Å². The maximum absolute atomic E-state index is 5.40. The first-order valence-corrected chi connectivity index (χ1v) is 5.47. The van der Waals surface area contributed by atoms with Gasteiger partial charge in [0, 0.05) is 11.8 Å². The molecule has 0 atom stereocenters. The van der Waals surface area contributed by atoms with Gasteiger partial charge in [-0.15, -0.1) is 0 Å². The molecule has 4 heteroatoms. The van der Waals surface area contributed by atoms with Crippen LogP contribution in [-0.4, -0.2) is 18.7 Å². The lowest BCUT2D eigenvalue weighted by Gasteiger charge is -2.18. The molecule has 3 nitrogen and oxygen atoms in total. The molecule has 1 aromatic rings. The van der Waals surface area contributed by atoms with Gasteiger partial charge < -0.3 is 14.8 Å². The smallest absolute Gasteiger partial charge is 0.163 e. The van der Waals surface area contributed by atoms with Gasteiger partial charge in [-0.3, -0.25) is 0 Å². The van der Waals surface area contributed by atoms with Crippen molar-refractivity contribution in [1.82, 2.24) is 0 Å². The molecule has 1 aliphatic heterocycles. The molecule has 2 rings (SSSR count). The van der Waals surface area contributed by atoms with E-state index >= 15 is 0 Å². The largest absolute Gasteiger partial charge is 0.486 e. The molecule has 1 aliphatic rings. The minimum atomic E-state index is 0.605. The highest BCUT2D eigenvalue weighted by molar-refractivity contribution is 7.79. The fraction of sp³-hybridized carbons (Fsp3) is 0.364. The Morgan fingerprint density at radius 2 is 1.87 bits per heavy atom. The summed E-state index contributed by atoms with van der Waals surface area (Å²) in [6.45, 7) is 5.22. The number of hydrogen-bond acceptors (Lipinski definition) is 3. The topological polar surface area (TPSA) is 30.5 Å². The Labute approximate surface area is 95.4 Å². The first kappa shape index (κ1) is 11.8. The van der Waals surface area contributed by atoms with Crippen LogP contribution in [0.4, 0.5) is 5.69 Å². The Bertz CT molecular complexity index is 328. The van der Waals surface area contributed by atoms with Gasteiger partial charge in [-0.05, 0) is 12.1 Å². The average Bonchev–Trinajstić information content (AvgIpc) is 2.32. The summed E-state index contributed by atoms with van der Waals surface area (Å²) >= 11 is 4.68. The minimum absolute atomic E-state index is 0.605. The van der Waals surface area contributed by atoms with Gasteiger partial charge in [0.2, 0.25) is 0 Å². The second kappa shape index (κ2) is 6.24. The van der Waals surface area contributed by atoms with E-state index in [1.165, 1.54) is 5.49 Å². The van der Waals surface area contributed by atoms with Gasteiger partial charge in [0.1, 0.15) is 13.2 Å². The standard InChI is InChI=1S/C9H9NO2S.C2H6/c13-6-10-7-1-2-8-9(5-7)12-4-3-11-8;1-2/h1-2,5-6H,3-4H2,(H,10,13);1-2H3. The second-order valence-corrected chi connectivity index (χ2v) is 2.86. The molecule has 15 heavy (non-hydrogen) atoms. The van der Waals surface area contributed by atoms with Crippen LogP contribution in [0.25, 0.3) is 0 Å². The van der Waals surface area contributed by atoms with Crippen molar-refractivity contribution < 1.29 is 9.47 Å². The van der Waals surface area contributed by atoms with Crippen LogP contribution in [0.2, 0.25) is 0 Å². The summed E-state index contributed by atoms with van der Waals surface area (Å²) in [6.07, 6.45) is 0. The Morgan fingerprint density at radius 1 is 1.20 bits per heavy atom. The normalized spacial score (nSPS) is 12.1. The summed E-state index contributed by atoms with van der Waals surface area (Å²) in [6, 6.07) is 5.64. The number of hydrogen-bond donors (Lipinski definition) is 1. The highest BCUT2D eigenvalue weighted by Gasteiger charge is 2.10. The molecule has 1 aromatic carbocycles. The van der Waals surface area contributed by atoms with Crippen LogP contribution in [-0.2, 0) is 0 Å². The van der Waals surface area contributed by atoms with Crippen molar-refractivity contribution in [3.8, 4) is 11.5 Å². The van der Waals surface area contributed by atoms with Gasteiger partial charge in [-0.1, -0.05) is 26.1 Å². The fourth-order valence-electron chi connectivity index (χ4n) is 1.20. The van der Waals surface area contributed by atoms with E-state index in [-0.39, 0.29) is 0 Å². The number of anilines is 1. The lowest BCUT2D eigenvalue weighted by atomic mass is 10.2. The molecule has 82 valence electrons. The third kappa shape index (κ3) is 3.09. The molecule has 0 aromatic heterocycles. The molecule has 0 fully saturated rings.